The van der Waals surface area contributed by atoms with Gasteiger partial charge in [0.25, 0.3) is 5.78 Å². The van der Waals surface area contributed by atoms with Gasteiger partial charge in [0.15, 0.2) is 0 Å². The summed E-state index contributed by atoms with van der Waals surface area (Å²) >= 11 is 7.47. The quantitative estimate of drug-likeness (QED) is 0.371. The van der Waals surface area contributed by atoms with E-state index in [-0.39, 0.29) is 17.5 Å². The Kier molecular flexibility index (Phi) is 7.25. The van der Waals surface area contributed by atoms with E-state index in [1.807, 2.05) is 44.2 Å². The Morgan fingerprint density at radius 2 is 1.88 bits per heavy atom. The van der Waals surface area contributed by atoms with E-state index in [2.05, 4.69) is 20.4 Å². The molecule has 33 heavy (non-hydrogen) atoms. The number of aromatic nitrogens is 4. The molecule has 0 aliphatic rings. The van der Waals surface area contributed by atoms with E-state index >= 15 is 0 Å². The zero-order valence-electron chi connectivity index (χ0n) is 18.3. The van der Waals surface area contributed by atoms with Crippen molar-refractivity contribution in [3.05, 3.63) is 87.4 Å². The first-order valence-electron chi connectivity index (χ1n) is 10.5. The molecule has 1 N–H and O–H groups in total. The number of hydrogen-bond donors (Lipinski definition) is 1. The Morgan fingerprint density at radius 3 is 2.64 bits per heavy atom. The van der Waals surface area contributed by atoms with Crippen molar-refractivity contribution >= 4 is 35.0 Å². The Hall–Kier alpha value is -2.97. The van der Waals surface area contributed by atoms with Gasteiger partial charge in [-0.2, -0.15) is 4.98 Å². The molecule has 4 rings (SSSR count). The molecule has 0 aliphatic carbocycles. The number of nitrogens with zero attached hydrogens (tertiary/aromatic N) is 4. The van der Waals surface area contributed by atoms with Gasteiger partial charge in [-0.3, -0.25) is 4.79 Å². The third kappa shape index (κ3) is 5.51. The van der Waals surface area contributed by atoms with Crippen molar-refractivity contribution in [2.45, 2.75) is 31.8 Å². The third-order valence-electron chi connectivity index (χ3n) is 5.36. The topological polar surface area (TPSA) is 72.2 Å². The predicted octanol–water partition coefficient (Wildman–Crippen LogP) is 4.58. The fraction of sp³-hybridized carbons (Fsp3) is 0.250. The molecule has 0 bridgehead atoms. The van der Waals surface area contributed by atoms with E-state index in [0.29, 0.717) is 34.5 Å². The van der Waals surface area contributed by atoms with E-state index in [0.717, 1.165) is 23.4 Å². The number of nitrogens with one attached hydrogen (secondary N) is 1. The van der Waals surface area contributed by atoms with Crippen LogP contribution in [0.2, 0.25) is 5.02 Å². The Labute approximate surface area is 200 Å². The minimum absolute atomic E-state index is 0.0782. The molecule has 170 valence electrons. The fourth-order valence-electron chi connectivity index (χ4n) is 3.56. The van der Waals surface area contributed by atoms with Crippen LogP contribution in [0.15, 0.2) is 53.7 Å². The van der Waals surface area contributed by atoms with Crippen LogP contribution in [0.25, 0.3) is 5.78 Å². The maximum absolute atomic E-state index is 14.3. The number of fused-ring (bicyclic) bond motifs is 1. The Morgan fingerprint density at radius 1 is 1.09 bits per heavy atom. The minimum Gasteiger partial charge on any atom is -0.355 e. The van der Waals surface area contributed by atoms with E-state index in [4.69, 9.17) is 11.6 Å². The van der Waals surface area contributed by atoms with E-state index in [9.17, 15) is 9.18 Å². The molecule has 0 atom stereocenters. The smallest absolute Gasteiger partial charge is 0.253 e. The number of carbonyl (C=O) groups is 1. The van der Waals surface area contributed by atoms with E-state index in [1.165, 1.54) is 23.4 Å². The summed E-state index contributed by atoms with van der Waals surface area (Å²) in [6.45, 7) is 4.33. The summed E-state index contributed by atoms with van der Waals surface area (Å²) in [7, 11) is 0. The van der Waals surface area contributed by atoms with E-state index < -0.39 is 0 Å². The van der Waals surface area contributed by atoms with Crippen molar-refractivity contribution < 1.29 is 9.18 Å². The average molecular weight is 484 g/mol. The molecule has 6 nitrogen and oxygen atoms in total. The van der Waals surface area contributed by atoms with Crippen LogP contribution in [0, 0.1) is 19.7 Å². The van der Waals surface area contributed by atoms with Crippen LogP contribution >= 0.6 is 23.4 Å². The molecule has 0 spiro atoms. The maximum atomic E-state index is 14.3. The summed E-state index contributed by atoms with van der Waals surface area (Å²) in [6.07, 6.45) is 1.08. The molecule has 0 saturated carbocycles. The zero-order chi connectivity index (χ0) is 23.4. The summed E-state index contributed by atoms with van der Waals surface area (Å²) in [6, 6.07) is 14.7. The minimum atomic E-state index is -0.352. The number of benzene rings is 2. The van der Waals surface area contributed by atoms with Crippen LogP contribution < -0.4 is 5.32 Å². The summed E-state index contributed by atoms with van der Waals surface area (Å²) in [4.78, 5) is 21.2. The molecule has 0 saturated heterocycles. The average Bonchev–Trinajstić information content (AvgIpc) is 3.20. The van der Waals surface area contributed by atoms with Gasteiger partial charge >= 0.3 is 0 Å². The first-order valence-corrected chi connectivity index (χ1v) is 11.9. The highest BCUT2D eigenvalue weighted by atomic mass is 35.5. The fourth-order valence-corrected chi connectivity index (χ4v) is 4.43. The van der Waals surface area contributed by atoms with Gasteiger partial charge < -0.3 is 5.32 Å². The third-order valence-corrected chi connectivity index (χ3v) is 6.55. The molecular weight excluding hydrogens is 461 g/mol. The van der Waals surface area contributed by atoms with Crippen LogP contribution in [-0.2, 0) is 17.6 Å². The second-order valence-corrected chi connectivity index (χ2v) is 8.97. The Bertz CT molecular complexity index is 1280. The second-order valence-electron chi connectivity index (χ2n) is 7.62. The van der Waals surface area contributed by atoms with Gasteiger partial charge in [-0.05, 0) is 43.5 Å². The molecule has 2 aromatic carbocycles. The zero-order valence-corrected chi connectivity index (χ0v) is 19.9. The molecule has 0 unspecified atom stereocenters. The monoisotopic (exact) mass is 483 g/mol. The SMILES string of the molecule is Cc1nc2nc(SCC(=O)NCCc3ccccc3)nn2c(C)c1Cc1c(F)cccc1Cl. The van der Waals surface area contributed by atoms with Gasteiger partial charge in [-0.15, -0.1) is 5.10 Å². The van der Waals surface area contributed by atoms with Crippen LogP contribution in [0.4, 0.5) is 4.39 Å². The van der Waals surface area contributed by atoms with Gasteiger partial charge in [0.2, 0.25) is 11.1 Å². The molecule has 0 fully saturated rings. The van der Waals surface area contributed by atoms with Gasteiger partial charge in [-0.25, -0.2) is 13.9 Å². The molecular formula is C24H23ClFN5OS. The molecule has 0 aliphatic heterocycles. The Balaban J connectivity index is 1.42. The summed E-state index contributed by atoms with van der Waals surface area (Å²) in [5, 5.41) is 8.26. The maximum Gasteiger partial charge on any atom is 0.253 e. The number of carbonyl (C=O) groups excluding carboxylic acids is 1. The van der Waals surface area contributed by atoms with Crippen LogP contribution in [0.3, 0.4) is 0 Å². The lowest BCUT2D eigenvalue weighted by Gasteiger charge is -2.12. The highest BCUT2D eigenvalue weighted by molar-refractivity contribution is 7.99. The van der Waals surface area contributed by atoms with Crippen molar-refractivity contribution in [1.29, 1.82) is 0 Å². The van der Waals surface area contributed by atoms with Crippen molar-refractivity contribution in [3.63, 3.8) is 0 Å². The molecule has 0 radical (unpaired) electrons. The standard InChI is InChI=1S/C24H23ClFN5OS/c1-15-18(13-19-20(25)9-6-10-21(19)26)16(2)31-23(28-15)29-24(30-31)33-14-22(32)27-12-11-17-7-4-3-5-8-17/h3-10H,11-14H2,1-2H3,(H,27,32). The van der Waals surface area contributed by atoms with Gasteiger partial charge in [0.05, 0.1) is 5.75 Å². The lowest BCUT2D eigenvalue weighted by atomic mass is 10.0. The highest BCUT2D eigenvalue weighted by Crippen LogP contribution is 2.26. The summed E-state index contributed by atoms with van der Waals surface area (Å²) in [5.41, 5.74) is 3.99. The lowest BCUT2D eigenvalue weighted by molar-refractivity contribution is -0.118. The van der Waals surface area contributed by atoms with Crippen LogP contribution in [-0.4, -0.2) is 37.8 Å². The summed E-state index contributed by atoms with van der Waals surface area (Å²) in [5.74, 6) is 0.224. The molecule has 9 heteroatoms. The number of hydrogen-bond acceptors (Lipinski definition) is 5. The lowest BCUT2D eigenvalue weighted by Crippen LogP contribution is -2.27. The predicted molar refractivity (Wildman–Crippen MR) is 128 cm³/mol. The number of amides is 1. The number of aryl methyl sites for hydroxylation is 2. The molecule has 4 aromatic rings. The molecule has 2 heterocycles. The summed E-state index contributed by atoms with van der Waals surface area (Å²) < 4.78 is 15.9. The van der Waals surface area contributed by atoms with Crippen LogP contribution in [0.5, 0.6) is 0 Å². The van der Waals surface area contributed by atoms with Crippen molar-refractivity contribution in [1.82, 2.24) is 24.9 Å². The van der Waals surface area contributed by atoms with Crippen LogP contribution in [0.1, 0.15) is 28.1 Å². The van der Waals surface area contributed by atoms with Gasteiger partial charge in [-0.1, -0.05) is 59.8 Å². The number of rotatable bonds is 8. The second kappa shape index (κ2) is 10.3. The highest BCUT2D eigenvalue weighted by Gasteiger charge is 2.17. The van der Waals surface area contributed by atoms with Crippen molar-refractivity contribution in [2.75, 3.05) is 12.3 Å². The van der Waals surface area contributed by atoms with Gasteiger partial charge in [0.1, 0.15) is 5.82 Å². The van der Waals surface area contributed by atoms with Crippen molar-refractivity contribution in [3.8, 4) is 0 Å². The molecule has 2 aromatic heterocycles. The van der Waals surface area contributed by atoms with E-state index in [1.54, 1.807) is 16.6 Å². The molecule has 1 amide bonds. The first-order chi connectivity index (χ1) is 15.9. The normalized spacial score (nSPS) is 11.2. The van der Waals surface area contributed by atoms with Gasteiger partial charge in [0, 0.05) is 34.9 Å². The first kappa shape index (κ1) is 23.2. The van der Waals surface area contributed by atoms with Crippen molar-refractivity contribution in [2.24, 2.45) is 0 Å². The largest absolute Gasteiger partial charge is 0.355 e. The number of thioether (sulfide) groups is 1. The number of halogens is 2.